The summed E-state index contributed by atoms with van der Waals surface area (Å²) in [5, 5.41) is 3.29. The Morgan fingerprint density at radius 2 is 2.12 bits per heavy atom. The van der Waals surface area contributed by atoms with Gasteiger partial charge in [0.1, 0.15) is 0 Å². The molecular weight excluding hydrogens is 210 g/mol. The van der Waals surface area contributed by atoms with Gasteiger partial charge in [-0.2, -0.15) is 0 Å². The van der Waals surface area contributed by atoms with Gasteiger partial charge in [0.25, 0.3) is 0 Å². The first-order valence-electron chi connectivity index (χ1n) is 6.36. The zero-order valence-electron chi connectivity index (χ0n) is 11.2. The van der Waals surface area contributed by atoms with Crippen molar-refractivity contribution in [3.63, 3.8) is 0 Å². The molecule has 1 aromatic carbocycles. The summed E-state index contributed by atoms with van der Waals surface area (Å²) in [6.07, 6.45) is 1.25. The van der Waals surface area contributed by atoms with Crippen molar-refractivity contribution < 1.29 is 0 Å². The van der Waals surface area contributed by atoms with E-state index >= 15 is 0 Å². The van der Waals surface area contributed by atoms with E-state index in [9.17, 15) is 0 Å². The molecule has 3 nitrogen and oxygen atoms in total. The Bertz CT molecular complexity index is 374. The molecule has 0 bridgehead atoms. The molecule has 2 rings (SSSR count). The number of rotatable bonds is 5. The maximum absolute atomic E-state index is 3.29. The Kier molecular flexibility index (Phi) is 4.02. The maximum atomic E-state index is 3.29. The molecule has 1 aromatic rings. The van der Waals surface area contributed by atoms with Gasteiger partial charge in [-0.15, -0.1) is 0 Å². The van der Waals surface area contributed by atoms with Gasteiger partial charge in [-0.05, 0) is 44.3 Å². The Hall–Kier alpha value is -1.06. The summed E-state index contributed by atoms with van der Waals surface area (Å²) < 4.78 is 0. The van der Waals surface area contributed by atoms with Crippen LogP contribution in [0.5, 0.6) is 0 Å². The lowest BCUT2D eigenvalue weighted by molar-refractivity contribution is 0.262. The van der Waals surface area contributed by atoms with Crippen LogP contribution in [0.15, 0.2) is 18.2 Å². The lowest BCUT2D eigenvalue weighted by Crippen LogP contribution is -2.22. The van der Waals surface area contributed by atoms with Crippen LogP contribution in [0.4, 0.5) is 5.69 Å². The van der Waals surface area contributed by atoms with Crippen molar-refractivity contribution in [3.05, 3.63) is 29.3 Å². The van der Waals surface area contributed by atoms with Crippen LogP contribution in [-0.2, 0) is 13.1 Å². The summed E-state index contributed by atoms with van der Waals surface area (Å²) in [6, 6.07) is 6.57. The van der Waals surface area contributed by atoms with Crippen LogP contribution in [0.1, 0.15) is 17.5 Å². The maximum Gasteiger partial charge on any atom is 0.0386 e. The average Bonchev–Trinajstić information content (AvgIpc) is 2.70. The van der Waals surface area contributed by atoms with E-state index in [1.54, 1.807) is 0 Å². The summed E-state index contributed by atoms with van der Waals surface area (Å²) in [6.45, 7) is 4.57. The fraction of sp³-hybridized carbons (Fsp3) is 0.571. The second-order valence-electron chi connectivity index (χ2n) is 5.06. The Labute approximate surface area is 104 Å². The van der Waals surface area contributed by atoms with Gasteiger partial charge in [-0.3, -0.25) is 4.90 Å². The molecule has 94 valence electrons. The Balaban J connectivity index is 1.92. The molecule has 1 N–H and O–H groups in total. The van der Waals surface area contributed by atoms with Crippen molar-refractivity contribution >= 4 is 5.69 Å². The first-order chi connectivity index (χ1) is 8.20. The minimum absolute atomic E-state index is 1.10. The lowest BCUT2D eigenvalue weighted by atomic mass is 10.1. The van der Waals surface area contributed by atoms with E-state index in [1.807, 2.05) is 7.05 Å². The summed E-state index contributed by atoms with van der Waals surface area (Å²) in [5.41, 5.74) is 4.26. The highest BCUT2D eigenvalue weighted by Crippen LogP contribution is 2.28. The molecule has 1 aliphatic rings. The van der Waals surface area contributed by atoms with Crippen LogP contribution in [0, 0.1) is 0 Å². The number of benzene rings is 1. The van der Waals surface area contributed by atoms with Gasteiger partial charge in [-0.1, -0.05) is 12.1 Å². The molecule has 0 unspecified atom stereocenters. The molecule has 0 saturated heterocycles. The fourth-order valence-electron chi connectivity index (χ4n) is 2.49. The van der Waals surface area contributed by atoms with Crippen LogP contribution in [0.25, 0.3) is 0 Å². The van der Waals surface area contributed by atoms with Crippen molar-refractivity contribution in [2.24, 2.45) is 0 Å². The molecule has 0 spiro atoms. The minimum Gasteiger partial charge on any atom is -0.388 e. The fourth-order valence-corrected chi connectivity index (χ4v) is 2.49. The smallest absolute Gasteiger partial charge is 0.0386 e. The van der Waals surface area contributed by atoms with Crippen LogP contribution >= 0.6 is 0 Å². The molecule has 0 radical (unpaired) electrons. The lowest BCUT2D eigenvalue weighted by Gasteiger charge is -2.16. The predicted octanol–water partition coefficient (Wildman–Crippen LogP) is 2.00. The molecular formula is C14H23N3. The SMILES string of the molecule is CNc1cccc2c1CN(CCCN(C)C)C2. The monoisotopic (exact) mass is 233 g/mol. The summed E-state index contributed by atoms with van der Waals surface area (Å²) in [7, 11) is 6.28. The van der Waals surface area contributed by atoms with Gasteiger partial charge >= 0.3 is 0 Å². The zero-order chi connectivity index (χ0) is 12.3. The molecule has 0 saturated carbocycles. The van der Waals surface area contributed by atoms with E-state index in [1.165, 1.54) is 36.3 Å². The van der Waals surface area contributed by atoms with E-state index in [0.717, 1.165) is 13.1 Å². The molecule has 3 heteroatoms. The third-order valence-corrected chi connectivity index (χ3v) is 3.40. The van der Waals surface area contributed by atoms with Gasteiger partial charge in [0.05, 0.1) is 0 Å². The minimum atomic E-state index is 1.10. The van der Waals surface area contributed by atoms with E-state index in [0.29, 0.717) is 0 Å². The van der Waals surface area contributed by atoms with E-state index in [2.05, 4.69) is 47.4 Å². The highest BCUT2D eigenvalue weighted by atomic mass is 15.1. The molecule has 1 aliphatic heterocycles. The molecule has 17 heavy (non-hydrogen) atoms. The molecule has 0 aliphatic carbocycles. The van der Waals surface area contributed by atoms with Gasteiger partial charge in [0.2, 0.25) is 0 Å². The van der Waals surface area contributed by atoms with Crippen molar-refractivity contribution in [1.82, 2.24) is 9.80 Å². The van der Waals surface area contributed by atoms with Crippen LogP contribution in [0.2, 0.25) is 0 Å². The second-order valence-corrected chi connectivity index (χ2v) is 5.06. The number of nitrogens with one attached hydrogen (secondary N) is 1. The molecule has 0 fully saturated rings. The highest BCUT2D eigenvalue weighted by molar-refractivity contribution is 5.55. The number of fused-ring (bicyclic) bond motifs is 1. The quantitative estimate of drug-likeness (QED) is 0.839. The van der Waals surface area contributed by atoms with Crippen LogP contribution in [0.3, 0.4) is 0 Å². The van der Waals surface area contributed by atoms with Crippen molar-refractivity contribution in [2.45, 2.75) is 19.5 Å². The molecule has 0 amide bonds. The van der Waals surface area contributed by atoms with Crippen molar-refractivity contribution in [1.29, 1.82) is 0 Å². The van der Waals surface area contributed by atoms with Gasteiger partial charge in [0, 0.05) is 32.4 Å². The van der Waals surface area contributed by atoms with Gasteiger partial charge < -0.3 is 10.2 Å². The first-order valence-corrected chi connectivity index (χ1v) is 6.36. The number of nitrogens with zero attached hydrogens (tertiary/aromatic N) is 2. The Morgan fingerprint density at radius 3 is 2.82 bits per heavy atom. The van der Waals surface area contributed by atoms with E-state index in [-0.39, 0.29) is 0 Å². The second kappa shape index (κ2) is 5.52. The van der Waals surface area contributed by atoms with Crippen molar-refractivity contribution in [3.8, 4) is 0 Å². The highest BCUT2D eigenvalue weighted by Gasteiger charge is 2.20. The van der Waals surface area contributed by atoms with Crippen LogP contribution < -0.4 is 5.32 Å². The Morgan fingerprint density at radius 1 is 1.29 bits per heavy atom. The average molecular weight is 233 g/mol. The normalized spacial score (nSPS) is 15.3. The van der Waals surface area contributed by atoms with E-state index < -0.39 is 0 Å². The third-order valence-electron chi connectivity index (χ3n) is 3.40. The van der Waals surface area contributed by atoms with Gasteiger partial charge in [-0.25, -0.2) is 0 Å². The molecule has 0 aromatic heterocycles. The summed E-state index contributed by atoms with van der Waals surface area (Å²) in [5.74, 6) is 0. The zero-order valence-corrected chi connectivity index (χ0v) is 11.2. The predicted molar refractivity (Wildman–Crippen MR) is 73.3 cm³/mol. The van der Waals surface area contributed by atoms with Crippen LogP contribution in [-0.4, -0.2) is 44.0 Å². The third kappa shape index (κ3) is 2.99. The number of hydrogen-bond donors (Lipinski definition) is 1. The number of anilines is 1. The van der Waals surface area contributed by atoms with Crippen molar-refractivity contribution in [2.75, 3.05) is 39.5 Å². The standard InChI is InChI=1S/C14H23N3/c1-15-14-7-4-6-12-10-17(11-13(12)14)9-5-8-16(2)3/h4,6-7,15H,5,8-11H2,1-3H3. The van der Waals surface area contributed by atoms with Gasteiger partial charge in [0.15, 0.2) is 0 Å². The topological polar surface area (TPSA) is 18.5 Å². The first kappa shape index (κ1) is 12.4. The molecule has 1 heterocycles. The largest absolute Gasteiger partial charge is 0.388 e. The summed E-state index contributed by atoms with van der Waals surface area (Å²) >= 11 is 0. The summed E-state index contributed by atoms with van der Waals surface area (Å²) in [4.78, 5) is 4.79. The molecule has 0 atom stereocenters. The number of hydrogen-bond acceptors (Lipinski definition) is 3. The van der Waals surface area contributed by atoms with E-state index in [4.69, 9.17) is 0 Å².